The summed E-state index contributed by atoms with van der Waals surface area (Å²) in [6.07, 6.45) is 5.96. The second kappa shape index (κ2) is 6.05. The maximum absolute atomic E-state index is 12.1. The van der Waals surface area contributed by atoms with Crippen LogP contribution in [0.25, 0.3) is 0 Å². The highest BCUT2D eigenvalue weighted by atomic mass is 35.5. The molecule has 17 heavy (non-hydrogen) atoms. The van der Waals surface area contributed by atoms with Gasteiger partial charge >= 0.3 is 0 Å². The van der Waals surface area contributed by atoms with Crippen molar-refractivity contribution in [1.29, 1.82) is 0 Å². The summed E-state index contributed by atoms with van der Waals surface area (Å²) in [6.45, 7) is 6.42. The molecule has 0 aromatic carbocycles. The van der Waals surface area contributed by atoms with Crippen LogP contribution in [0.1, 0.15) is 46.0 Å². The first-order valence-electron chi connectivity index (χ1n) is 6.61. The maximum Gasteiger partial charge on any atom is 0.224 e. The first-order valence-corrected chi connectivity index (χ1v) is 6.61. The van der Waals surface area contributed by atoms with Crippen LogP contribution in [0.5, 0.6) is 0 Å². The van der Waals surface area contributed by atoms with E-state index in [0.29, 0.717) is 6.04 Å². The quantitative estimate of drug-likeness (QED) is 0.799. The van der Waals surface area contributed by atoms with Crippen LogP contribution >= 0.6 is 12.4 Å². The van der Waals surface area contributed by atoms with Gasteiger partial charge in [0.15, 0.2) is 0 Å². The van der Waals surface area contributed by atoms with Crippen molar-refractivity contribution in [3.8, 4) is 0 Å². The van der Waals surface area contributed by atoms with Crippen LogP contribution < -0.4 is 10.6 Å². The molecule has 2 N–H and O–H groups in total. The van der Waals surface area contributed by atoms with Crippen LogP contribution in [-0.4, -0.2) is 25.0 Å². The first kappa shape index (κ1) is 14.8. The van der Waals surface area contributed by atoms with Crippen molar-refractivity contribution in [1.82, 2.24) is 10.6 Å². The molecule has 0 bridgehead atoms. The van der Waals surface area contributed by atoms with Crippen LogP contribution in [0.3, 0.4) is 0 Å². The Bertz CT molecular complexity index is 262. The second-order valence-electron chi connectivity index (χ2n) is 5.99. The number of hydrogen-bond donors (Lipinski definition) is 2. The molecule has 3 nitrogen and oxygen atoms in total. The van der Waals surface area contributed by atoms with Gasteiger partial charge in [-0.15, -0.1) is 12.4 Å². The minimum Gasteiger partial charge on any atom is -0.353 e. The molecule has 0 aromatic rings. The second-order valence-corrected chi connectivity index (χ2v) is 5.99. The fourth-order valence-electron chi connectivity index (χ4n) is 2.93. The predicted octanol–water partition coefficient (Wildman–Crippen LogP) is 2.10. The molecule has 0 spiro atoms. The Hall–Kier alpha value is -0.280. The van der Waals surface area contributed by atoms with E-state index in [1.54, 1.807) is 0 Å². The van der Waals surface area contributed by atoms with E-state index in [1.165, 1.54) is 19.3 Å². The van der Waals surface area contributed by atoms with E-state index in [4.69, 9.17) is 0 Å². The average Bonchev–Trinajstić information content (AvgIpc) is 2.74. The molecule has 1 aliphatic heterocycles. The molecule has 2 fully saturated rings. The molecule has 2 unspecified atom stereocenters. The zero-order valence-electron chi connectivity index (χ0n) is 10.9. The van der Waals surface area contributed by atoms with E-state index >= 15 is 0 Å². The summed E-state index contributed by atoms with van der Waals surface area (Å²) in [4.78, 5) is 12.1. The molecule has 100 valence electrons. The highest BCUT2D eigenvalue weighted by Gasteiger charge is 2.34. The van der Waals surface area contributed by atoms with Gasteiger partial charge in [0.25, 0.3) is 0 Å². The summed E-state index contributed by atoms with van der Waals surface area (Å²) in [5.74, 6) is 0.475. The smallest absolute Gasteiger partial charge is 0.224 e. The van der Waals surface area contributed by atoms with E-state index in [2.05, 4.69) is 24.5 Å². The van der Waals surface area contributed by atoms with Gasteiger partial charge in [-0.25, -0.2) is 0 Å². The highest BCUT2D eigenvalue weighted by Crippen LogP contribution is 2.35. The van der Waals surface area contributed by atoms with Gasteiger partial charge in [-0.05, 0) is 31.2 Å². The summed E-state index contributed by atoms with van der Waals surface area (Å²) >= 11 is 0. The van der Waals surface area contributed by atoms with E-state index in [9.17, 15) is 4.79 Å². The monoisotopic (exact) mass is 260 g/mol. The van der Waals surface area contributed by atoms with Crippen molar-refractivity contribution < 1.29 is 4.79 Å². The fourth-order valence-corrected chi connectivity index (χ4v) is 2.93. The van der Waals surface area contributed by atoms with Crippen molar-refractivity contribution in [2.45, 2.75) is 52.0 Å². The normalized spacial score (nSPS) is 31.6. The van der Waals surface area contributed by atoms with Crippen molar-refractivity contribution in [2.75, 3.05) is 13.1 Å². The third kappa shape index (κ3) is 3.59. The SMILES string of the molecule is CC1(C)CCCCC1NC(=O)C1CCNC1.Cl. The predicted molar refractivity (Wildman–Crippen MR) is 72.4 cm³/mol. The molecule has 2 aliphatic rings. The Morgan fingerprint density at radius 2 is 2.06 bits per heavy atom. The van der Waals surface area contributed by atoms with Gasteiger partial charge in [0.05, 0.1) is 5.92 Å². The minimum atomic E-state index is 0. The number of halogens is 1. The number of nitrogens with one attached hydrogen (secondary N) is 2. The molecular formula is C13H25ClN2O. The van der Waals surface area contributed by atoms with Crippen LogP contribution in [0.2, 0.25) is 0 Å². The summed E-state index contributed by atoms with van der Waals surface area (Å²) in [5, 5.41) is 6.52. The van der Waals surface area contributed by atoms with E-state index in [1.807, 2.05) is 0 Å². The molecule has 2 rings (SSSR count). The van der Waals surface area contributed by atoms with Crippen molar-refractivity contribution in [3.63, 3.8) is 0 Å². The molecule has 4 heteroatoms. The van der Waals surface area contributed by atoms with Gasteiger partial charge in [-0.3, -0.25) is 4.79 Å². The maximum atomic E-state index is 12.1. The Balaban J connectivity index is 0.00000144. The number of rotatable bonds is 2. The third-order valence-electron chi connectivity index (χ3n) is 4.25. The lowest BCUT2D eigenvalue weighted by molar-refractivity contribution is -0.126. The summed E-state index contributed by atoms with van der Waals surface area (Å²) < 4.78 is 0. The van der Waals surface area contributed by atoms with Crippen molar-refractivity contribution in [3.05, 3.63) is 0 Å². The standard InChI is InChI=1S/C13H24N2O.ClH/c1-13(2)7-4-3-5-11(13)15-12(16)10-6-8-14-9-10;/h10-11,14H,3-9H2,1-2H3,(H,15,16);1H. The topological polar surface area (TPSA) is 41.1 Å². The molecule has 1 saturated heterocycles. The Morgan fingerprint density at radius 1 is 1.29 bits per heavy atom. The number of hydrogen-bond acceptors (Lipinski definition) is 2. The zero-order valence-corrected chi connectivity index (χ0v) is 11.7. The van der Waals surface area contributed by atoms with E-state index in [-0.39, 0.29) is 29.6 Å². The molecular weight excluding hydrogens is 236 g/mol. The fraction of sp³-hybridized carbons (Fsp3) is 0.923. The Morgan fingerprint density at radius 3 is 2.65 bits per heavy atom. The molecule has 2 atom stereocenters. The van der Waals surface area contributed by atoms with E-state index in [0.717, 1.165) is 25.9 Å². The summed E-state index contributed by atoms with van der Waals surface area (Å²) in [5.41, 5.74) is 0.278. The lowest BCUT2D eigenvalue weighted by Gasteiger charge is -2.39. The first-order chi connectivity index (χ1) is 7.59. The average molecular weight is 261 g/mol. The Kier molecular flexibility index (Phi) is 5.26. The molecule has 1 heterocycles. The van der Waals surface area contributed by atoms with E-state index < -0.39 is 0 Å². The van der Waals surface area contributed by atoms with Gasteiger partial charge in [0, 0.05) is 12.6 Å². The number of carbonyl (C=O) groups excluding carboxylic acids is 1. The molecule has 1 saturated carbocycles. The summed E-state index contributed by atoms with van der Waals surface area (Å²) in [7, 11) is 0. The highest BCUT2D eigenvalue weighted by molar-refractivity contribution is 5.85. The molecule has 1 amide bonds. The largest absolute Gasteiger partial charge is 0.353 e. The number of amides is 1. The molecule has 0 radical (unpaired) electrons. The molecule has 0 aromatic heterocycles. The molecule has 1 aliphatic carbocycles. The van der Waals surface area contributed by atoms with Gasteiger partial charge in [0.2, 0.25) is 5.91 Å². The minimum absolute atomic E-state index is 0. The third-order valence-corrected chi connectivity index (χ3v) is 4.25. The lowest BCUT2D eigenvalue weighted by atomic mass is 9.73. The van der Waals surface area contributed by atoms with Gasteiger partial charge in [0.1, 0.15) is 0 Å². The van der Waals surface area contributed by atoms with Crippen molar-refractivity contribution >= 4 is 18.3 Å². The van der Waals surface area contributed by atoms with Crippen molar-refractivity contribution in [2.24, 2.45) is 11.3 Å². The zero-order chi connectivity index (χ0) is 11.6. The van der Waals surface area contributed by atoms with Crippen LogP contribution in [0.4, 0.5) is 0 Å². The van der Waals surface area contributed by atoms with Gasteiger partial charge < -0.3 is 10.6 Å². The Labute approximate surface area is 111 Å². The number of carbonyl (C=O) groups is 1. The van der Waals surface area contributed by atoms with Gasteiger partial charge in [-0.2, -0.15) is 0 Å². The van der Waals surface area contributed by atoms with Crippen LogP contribution in [-0.2, 0) is 4.79 Å². The van der Waals surface area contributed by atoms with Crippen LogP contribution in [0, 0.1) is 11.3 Å². The van der Waals surface area contributed by atoms with Crippen LogP contribution in [0.15, 0.2) is 0 Å². The lowest BCUT2D eigenvalue weighted by Crippen LogP contribution is -2.48. The summed E-state index contributed by atoms with van der Waals surface area (Å²) in [6, 6.07) is 0.384. The van der Waals surface area contributed by atoms with Gasteiger partial charge in [-0.1, -0.05) is 26.7 Å².